The second kappa shape index (κ2) is 7.17. The molecule has 0 aliphatic carbocycles. The molecule has 0 fully saturated rings. The van der Waals surface area contributed by atoms with Crippen LogP contribution < -0.4 is 0 Å². The summed E-state index contributed by atoms with van der Waals surface area (Å²) in [7, 11) is 0. The van der Waals surface area contributed by atoms with E-state index < -0.39 is 4.92 Å². The van der Waals surface area contributed by atoms with Gasteiger partial charge in [-0.25, -0.2) is 4.99 Å². The average Bonchev–Trinajstić information content (AvgIpc) is 3.03. The number of aromatic nitrogens is 1. The number of aromatic amines is 1. The van der Waals surface area contributed by atoms with E-state index in [2.05, 4.69) is 4.98 Å². The number of hydrogen-bond donors (Lipinski definition) is 2. The van der Waals surface area contributed by atoms with Gasteiger partial charge in [-0.2, -0.15) is 0 Å². The van der Waals surface area contributed by atoms with Crippen molar-refractivity contribution in [3.05, 3.63) is 99.1 Å². The van der Waals surface area contributed by atoms with E-state index in [0.29, 0.717) is 32.9 Å². The Morgan fingerprint density at radius 3 is 2.43 bits per heavy atom. The van der Waals surface area contributed by atoms with Crippen molar-refractivity contribution in [1.82, 2.24) is 4.98 Å². The number of H-pyrrole nitrogens is 1. The van der Waals surface area contributed by atoms with Gasteiger partial charge in [0, 0.05) is 33.6 Å². The van der Waals surface area contributed by atoms with Crippen LogP contribution in [0.25, 0.3) is 10.9 Å². The van der Waals surface area contributed by atoms with Crippen molar-refractivity contribution < 1.29 is 10.0 Å². The second-order valence-electron chi connectivity index (χ2n) is 6.14. The third-order valence-electron chi connectivity index (χ3n) is 4.32. The summed E-state index contributed by atoms with van der Waals surface area (Å²) in [6.45, 7) is 0. The molecule has 0 saturated heterocycles. The molecule has 1 heterocycles. The van der Waals surface area contributed by atoms with Crippen LogP contribution in [0, 0.1) is 10.1 Å². The van der Waals surface area contributed by atoms with Crippen LogP contribution in [0.5, 0.6) is 5.88 Å². The van der Waals surface area contributed by atoms with Gasteiger partial charge in [-0.05, 0) is 30.3 Å². The van der Waals surface area contributed by atoms with E-state index in [4.69, 9.17) is 16.6 Å². The molecule has 0 aliphatic rings. The van der Waals surface area contributed by atoms with Gasteiger partial charge in [-0.15, -0.1) is 0 Å². The lowest BCUT2D eigenvalue weighted by Gasteiger charge is -2.08. The predicted octanol–water partition coefficient (Wildman–Crippen LogP) is 5.60. The van der Waals surface area contributed by atoms with Crippen molar-refractivity contribution in [2.75, 3.05) is 0 Å². The van der Waals surface area contributed by atoms with Gasteiger partial charge >= 0.3 is 0 Å². The zero-order valence-electron chi connectivity index (χ0n) is 14.5. The van der Waals surface area contributed by atoms with E-state index in [1.807, 2.05) is 30.3 Å². The van der Waals surface area contributed by atoms with Crippen LogP contribution in [0.4, 0.5) is 11.4 Å². The zero-order valence-corrected chi connectivity index (χ0v) is 15.2. The summed E-state index contributed by atoms with van der Waals surface area (Å²) in [6.07, 6.45) is 0. The highest BCUT2D eigenvalue weighted by Gasteiger charge is 2.20. The van der Waals surface area contributed by atoms with Crippen molar-refractivity contribution in [2.45, 2.75) is 0 Å². The molecule has 7 heteroatoms. The van der Waals surface area contributed by atoms with E-state index in [1.165, 1.54) is 12.1 Å². The van der Waals surface area contributed by atoms with Crippen LogP contribution in [0.1, 0.15) is 11.1 Å². The van der Waals surface area contributed by atoms with Gasteiger partial charge in [0.05, 0.1) is 21.9 Å². The first-order valence-electron chi connectivity index (χ1n) is 8.42. The first-order valence-corrected chi connectivity index (χ1v) is 8.80. The summed E-state index contributed by atoms with van der Waals surface area (Å²) < 4.78 is 0. The molecule has 138 valence electrons. The lowest BCUT2D eigenvalue weighted by molar-refractivity contribution is -0.384. The molecule has 4 rings (SSSR count). The maximum Gasteiger partial charge on any atom is 0.270 e. The van der Waals surface area contributed by atoms with Crippen LogP contribution in [0.2, 0.25) is 5.02 Å². The van der Waals surface area contributed by atoms with Crippen molar-refractivity contribution in [3.63, 3.8) is 0 Å². The Bertz CT molecular complexity index is 1200. The van der Waals surface area contributed by atoms with E-state index in [-0.39, 0.29) is 11.6 Å². The average molecular weight is 392 g/mol. The highest BCUT2D eigenvalue weighted by atomic mass is 35.5. The van der Waals surface area contributed by atoms with E-state index >= 15 is 0 Å². The molecule has 3 aromatic carbocycles. The topological polar surface area (TPSA) is 91.5 Å². The number of nitrogens with one attached hydrogen (secondary N) is 1. The Morgan fingerprint density at radius 1 is 1.04 bits per heavy atom. The fourth-order valence-corrected chi connectivity index (χ4v) is 3.15. The Hall–Kier alpha value is -3.64. The number of nitro groups is 1. The first kappa shape index (κ1) is 17.8. The number of non-ortho nitro benzene ring substituents is 1. The molecule has 0 aliphatic heterocycles. The summed E-state index contributed by atoms with van der Waals surface area (Å²) >= 11 is 5.96. The summed E-state index contributed by atoms with van der Waals surface area (Å²) in [5.74, 6) is -0.105. The summed E-state index contributed by atoms with van der Waals surface area (Å²) in [5, 5.41) is 22.9. The maximum absolute atomic E-state index is 11.2. The zero-order chi connectivity index (χ0) is 19.7. The number of aromatic hydroxyl groups is 1. The monoisotopic (exact) mass is 391 g/mol. The first-order chi connectivity index (χ1) is 13.5. The molecule has 0 amide bonds. The van der Waals surface area contributed by atoms with Crippen molar-refractivity contribution in [2.24, 2.45) is 4.99 Å². The standard InChI is InChI=1S/C21H14ClN3O3/c22-14-6-8-15(9-7-14)23-20(13-4-2-1-3-5-13)19-17-12-16(25(27)28)10-11-18(17)24-21(19)26/h1-12,24,26H. The maximum atomic E-state index is 11.2. The van der Waals surface area contributed by atoms with Gasteiger partial charge in [0.15, 0.2) is 5.88 Å². The normalized spacial score (nSPS) is 11.7. The SMILES string of the molecule is O=[N+]([O-])c1ccc2[nH]c(O)c(C(=Nc3ccc(Cl)cc3)c3ccccc3)c2c1. The molecule has 0 spiro atoms. The van der Waals surface area contributed by atoms with Gasteiger partial charge in [-0.3, -0.25) is 10.1 Å². The number of halogens is 1. The molecule has 0 bridgehead atoms. The van der Waals surface area contributed by atoms with Crippen molar-refractivity contribution in [1.29, 1.82) is 0 Å². The van der Waals surface area contributed by atoms with E-state index in [0.717, 1.165) is 5.56 Å². The van der Waals surface area contributed by atoms with Crippen LogP contribution in [0.3, 0.4) is 0 Å². The van der Waals surface area contributed by atoms with Crippen LogP contribution >= 0.6 is 11.6 Å². The fourth-order valence-electron chi connectivity index (χ4n) is 3.02. The van der Waals surface area contributed by atoms with Gasteiger partial charge < -0.3 is 10.1 Å². The summed E-state index contributed by atoms with van der Waals surface area (Å²) in [6, 6.07) is 20.7. The molecule has 0 atom stereocenters. The number of aliphatic imine (C=N–C) groups is 1. The summed E-state index contributed by atoms with van der Waals surface area (Å²) in [5.41, 5.74) is 2.82. The lowest BCUT2D eigenvalue weighted by atomic mass is 10.0. The van der Waals surface area contributed by atoms with Gasteiger partial charge in [0.2, 0.25) is 0 Å². The highest BCUT2D eigenvalue weighted by Crippen LogP contribution is 2.33. The number of nitro benzene ring substituents is 1. The molecular weight excluding hydrogens is 378 g/mol. The third-order valence-corrected chi connectivity index (χ3v) is 4.58. The van der Waals surface area contributed by atoms with E-state index in [9.17, 15) is 15.2 Å². The molecule has 6 nitrogen and oxygen atoms in total. The highest BCUT2D eigenvalue weighted by molar-refractivity contribution is 6.30. The van der Waals surface area contributed by atoms with Crippen LogP contribution in [-0.2, 0) is 0 Å². The third kappa shape index (κ3) is 3.33. The molecule has 0 radical (unpaired) electrons. The molecule has 1 aromatic heterocycles. The number of benzene rings is 3. The lowest BCUT2D eigenvalue weighted by Crippen LogP contribution is -2.03. The minimum atomic E-state index is -0.466. The number of nitrogens with zero attached hydrogens (tertiary/aromatic N) is 2. The number of hydrogen-bond acceptors (Lipinski definition) is 4. The largest absolute Gasteiger partial charge is 0.494 e. The molecule has 2 N–H and O–H groups in total. The van der Waals surface area contributed by atoms with Crippen LogP contribution in [0.15, 0.2) is 77.8 Å². The number of fused-ring (bicyclic) bond motifs is 1. The van der Waals surface area contributed by atoms with Crippen molar-refractivity contribution >= 4 is 39.6 Å². The second-order valence-corrected chi connectivity index (χ2v) is 6.57. The Morgan fingerprint density at radius 2 is 1.75 bits per heavy atom. The molecule has 0 saturated carbocycles. The molecule has 4 aromatic rings. The fraction of sp³-hybridized carbons (Fsp3) is 0. The smallest absolute Gasteiger partial charge is 0.270 e. The minimum Gasteiger partial charge on any atom is -0.494 e. The minimum absolute atomic E-state index is 0.0633. The predicted molar refractivity (Wildman–Crippen MR) is 110 cm³/mol. The van der Waals surface area contributed by atoms with E-state index in [1.54, 1.807) is 30.3 Å². The van der Waals surface area contributed by atoms with Gasteiger partial charge in [-0.1, -0.05) is 41.9 Å². The van der Waals surface area contributed by atoms with Gasteiger partial charge in [0.1, 0.15) is 0 Å². The molecular formula is C21H14ClN3O3. The Balaban J connectivity index is 1.99. The summed E-state index contributed by atoms with van der Waals surface area (Å²) in [4.78, 5) is 18.3. The Kier molecular flexibility index (Phi) is 4.55. The quantitative estimate of drug-likeness (QED) is 0.269. The molecule has 0 unspecified atom stereocenters. The van der Waals surface area contributed by atoms with Gasteiger partial charge in [0.25, 0.3) is 5.69 Å². The van der Waals surface area contributed by atoms with Crippen LogP contribution in [-0.4, -0.2) is 20.7 Å². The molecule has 28 heavy (non-hydrogen) atoms. The van der Waals surface area contributed by atoms with Crippen molar-refractivity contribution in [3.8, 4) is 5.88 Å². The number of rotatable bonds is 4. The Labute approximate surface area is 164 Å².